The fourth-order valence-corrected chi connectivity index (χ4v) is 5.33. The molecule has 1 fully saturated rings. The van der Waals surface area contributed by atoms with Crippen molar-refractivity contribution in [2.45, 2.75) is 78.1 Å². The number of hydrogen-bond donors (Lipinski definition) is 2. The van der Waals surface area contributed by atoms with Gasteiger partial charge in [-0.25, -0.2) is 0 Å². The number of carbonyl (C=O) groups excluding carboxylic acids is 1. The third kappa shape index (κ3) is 5.21. The zero-order valence-corrected chi connectivity index (χ0v) is 19.9. The first-order valence-corrected chi connectivity index (χ1v) is 12.0. The number of pyridine rings is 1. The highest BCUT2D eigenvalue weighted by Crippen LogP contribution is 2.41. The minimum absolute atomic E-state index is 0.0516. The van der Waals surface area contributed by atoms with E-state index in [1.807, 2.05) is 38.2 Å². The Kier molecular flexibility index (Phi) is 6.68. The summed E-state index contributed by atoms with van der Waals surface area (Å²) < 4.78 is 0. The maximum atomic E-state index is 12.8. The lowest BCUT2D eigenvalue weighted by molar-refractivity contribution is -0.000665. The Bertz CT molecular complexity index is 942. The van der Waals surface area contributed by atoms with E-state index in [4.69, 9.17) is 0 Å². The van der Waals surface area contributed by atoms with Crippen molar-refractivity contribution in [3.63, 3.8) is 0 Å². The summed E-state index contributed by atoms with van der Waals surface area (Å²) in [6, 6.07) is 10.6. The van der Waals surface area contributed by atoms with Crippen molar-refractivity contribution in [1.82, 2.24) is 15.2 Å². The van der Waals surface area contributed by atoms with Crippen molar-refractivity contribution in [3.05, 3.63) is 64.5 Å². The molecule has 32 heavy (non-hydrogen) atoms. The number of benzene rings is 1. The molecular formula is C27H37N3O2. The van der Waals surface area contributed by atoms with Gasteiger partial charge in [0.2, 0.25) is 0 Å². The van der Waals surface area contributed by atoms with Gasteiger partial charge in [-0.15, -0.1) is 0 Å². The predicted molar refractivity (Wildman–Crippen MR) is 127 cm³/mol. The molecule has 5 heteroatoms. The van der Waals surface area contributed by atoms with Crippen molar-refractivity contribution in [2.24, 2.45) is 11.8 Å². The molecule has 0 bridgehead atoms. The third-order valence-electron chi connectivity index (χ3n) is 7.20. The van der Waals surface area contributed by atoms with E-state index in [9.17, 15) is 9.90 Å². The molecule has 1 saturated carbocycles. The summed E-state index contributed by atoms with van der Waals surface area (Å²) in [4.78, 5) is 19.7. The first-order valence-electron chi connectivity index (χ1n) is 12.0. The van der Waals surface area contributed by atoms with Crippen LogP contribution in [0.2, 0.25) is 0 Å². The van der Waals surface area contributed by atoms with Crippen LogP contribution < -0.4 is 5.32 Å². The van der Waals surface area contributed by atoms with E-state index in [2.05, 4.69) is 41.2 Å². The minimum Gasteiger partial charge on any atom is -0.390 e. The Hall–Kier alpha value is -2.24. The number of aliphatic hydroxyl groups is 1. The second-order valence-electron chi connectivity index (χ2n) is 10.5. The predicted octanol–water partition coefficient (Wildman–Crippen LogP) is 4.77. The molecular weight excluding hydrogens is 398 g/mol. The second-order valence-corrected chi connectivity index (χ2v) is 10.5. The molecule has 1 aromatic carbocycles. The summed E-state index contributed by atoms with van der Waals surface area (Å²) in [6.45, 7) is 10.9. The zero-order valence-electron chi connectivity index (χ0n) is 19.9. The van der Waals surface area contributed by atoms with E-state index in [-0.39, 0.29) is 5.91 Å². The number of aryl methyl sites for hydroxylation is 1. The van der Waals surface area contributed by atoms with Crippen LogP contribution in [-0.4, -0.2) is 33.0 Å². The SMILES string of the molecule is Cc1ccc(CNC(=O)c2ccc3c(c2)CN(CC2CCC(C)(O)CC2)C3C(C)C)nc1. The number of rotatable bonds is 6. The Labute approximate surface area is 192 Å². The molecule has 1 atom stereocenters. The molecule has 1 aliphatic carbocycles. The molecule has 1 aromatic heterocycles. The average Bonchev–Trinajstić information content (AvgIpc) is 3.12. The monoisotopic (exact) mass is 435 g/mol. The summed E-state index contributed by atoms with van der Waals surface area (Å²) in [5, 5.41) is 13.3. The van der Waals surface area contributed by atoms with Gasteiger partial charge in [-0.2, -0.15) is 0 Å². The lowest BCUT2D eigenvalue weighted by Gasteiger charge is -2.37. The van der Waals surface area contributed by atoms with E-state index in [0.717, 1.165) is 50.0 Å². The third-order valence-corrected chi connectivity index (χ3v) is 7.20. The molecule has 0 saturated heterocycles. The standard InChI is InChI=1S/C27H37N3O2/c1-18(2)25-24-8-6-21(26(31)29-15-23-7-5-19(3)14-28-23)13-22(24)17-30(25)16-20-9-11-27(4,32)12-10-20/h5-8,13-14,18,20,25,32H,9-12,15-17H2,1-4H3,(H,29,31). The number of aromatic nitrogens is 1. The van der Waals surface area contributed by atoms with E-state index >= 15 is 0 Å². The fourth-order valence-electron chi connectivity index (χ4n) is 5.33. The molecule has 1 aliphatic heterocycles. The van der Waals surface area contributed by atoms with Crippen LogP contribution in [0.5, 0.6) is 0 Å². The summed E-state index contributed by atoms with van der Waals surface area (Å²) >= 11 is 0. The van der Waals surface area contributed by atoms with E-state index in [0.29, 0.717) is 30.0 Å². The number of carbonyl (C=O) groups is 1. The first kappa shape index (κ1) is 22.9. The zero-order chi connectivity index (χ0) is 22.9. The normalized spacial score (nSPS) is 25.7. The lowest BCUT2D eigenvalue weighted by atomic mass is 9.79. The highest BCUT2D eigenvalue weighted by atomic mass is 16.3. The summed E-state index contributed by atoms with van der Waals surface area (Å²) in [5.41, 5.74) is 4.84. The fraction of sp³-hybridized carbons (Fsp3) is 0.556. The highest BCUT2D eigenvalue weighted by molar-refractivity contribution is 5.94. The van der Waals surface area contributed by atoms with Gasteiger partial charge in [0, 0.05) is 30.9 Å². The van der Waals surface area contributed by atoms with Crippen molar-refractivity contribution in [3.8, 4) is 0 Å². The summed E-state index contributed by atoms with van der Waals surface area (Å²) in [5.74, 6) is 1.09. The summed E-state index contributed by atoms with van der Waals surface area (Å²) in [6.07, 6.45) is 5.79. The quantitative estimate of drug-likeness (QED) is 0.686. The Morgan fingerprint density at radius 1 is 1.25 bits per heavy atom. The maximum absolute atomic E-state index is 12.8. The molecule has 2 aliphatic rings. The Morgan fingerprint density at radius 2 is 2.00 bits per heavy atom. The van der Waals surface area contributed by atoms with Gasteiger partial charge in [-0.3, -0.25) is 14.7 Å². The van der Waals surface area contributed by atoms with Crippen LogP contribution in [-0.2, 0) is 13.1 Å². The molecule has 5 nitrogen and oxygen atoms in total. The number of nitrogens with one attached hydrogen (secondary N) is 1. The van der Waals surface area contributed by atoms with Crippen LogP contribution in [0.3, 0.4) is 0 Å². The Balaban J connectivity index is 1.42. The first-order chi connectivity index (χ1) is 15.2. The van der Waals surface area contributed by atoms with E-state index in [1.165, 1.54) is 11.1 Å². The van der Waals surface area contributed by atoms with E-state index in [1.54, 1.807) is 0 Å². The molecule has 0 radical (unpaired) electrons. The highest BCUT2D eigenvalue weighted by Gasteiger charge is 2.36. The van der Waals surface area contributed by atoms with Crippen LogP contribution in [0.25, 0.3) is 0 Å². The van der Waals surface area contributed by atoms with Crippen molar-refractivity contribution < 1.29 is 9.90 Å². The molecule has 0 spiro atoms. The van der Waals surface area contributed by atoms with Crippen molar-refractivity contribution in [2.75, 3.05) is 6.54 Å². The molecule has 1 amide bonds. The van der Waals surface area contributed by atoms with Gasteiger partial charge in [-0.1, -0.05) is 26.0 Å². The maximum Gasteiger partial charge on any atom is 0.251 e. The summed E-state index contributed by atoms with van der Waals surface area (Å²) in [7, 11) is 0. The van der Waals surface area contributed by atoms with Crippen LogP contribution in [0.1, 0.15) is 85.2 Å². The minimum atomic E-state index is -0.488. The lowest BCUT2D eigenvalue weighted by Crippen LogP contribution is -2.36. The molecule has 172 valence electrons. The van der Waals surface area contributed by atoms with Gasteiger partial charge in [0.05, 0.1) is 17.8 Å². The Morgan fingerprint density at radius 3 is 2.66 bits per heavy atom. The number of hydrogen-bond acceptors (Lipinski definition) is 4. The van der Waals surface area contributed by atoms with Gasteiger partial charge in [-0.05, 0) is 86.3 Å². The van der Waals surface area contributed by atoms with Gasteiger partial charge in [0.1, 0.15) is 0 Å². The smallest absolute Gasteiger partial charge is 0.251 e. The molecule has 4 rings (SSSR count). The second kappa shape index (κ2) is 9.32. The van der Waals surface area contributed by atoms with Gasteiger partial charge < -0.3 is 10.4 Å². The molecule has 1 unspecified atom stereocenters. The van der Waals surface area contributed by atoms with Crippen LogP contribution in [0.4, 0.5) is 0 Å². The largest absolute Gasteiger partial charge is 0.390 e. The molecule has 2 N–H and O–H groups in total. The van der Waals surface area contributed by atoms with Crippen molar-refractivity contribution in [1.29, 1.82) is 0 Å². The van der Waals surface area contributed by atoms with Crippen LogP contribution in [0, 0.1) is 18.8 Å². The van der Waals surface area contributed by atoms with Crippen LogP contribution >= 0.6 is 0 Å². The van der Waals surface area contributed by atoms with Crippen molar-refractivity contribution >= 4 is 5.91 Å². The van der Waals surface area contributed by atoms with Gasteiger partial charge >= 0.3 is 0 Å². The van der Waals surface area contributed by atoms with Gasteiger partial charge in [0.15, 0.2) is 0 Å². The number of nitrogens with zero attached hydrogens (tertiary/aromatic N) is 2. The van der Waals surface area contributed by atoms with Crippen LogP contribution in [0.15, 0.2) is 36.5 Å². The van der Waals surface area contributed by atoms with Gasteiger partial charge in [0.25, 0.3) is 5.91 Å². The molecule has 2 aromatic rings. The van der Waals surface area contributed by atoms with E-state index < -0.39 is 5.60 Å². The topological polar surface area (TPSA) is 65.5 Å². The molecule has 2 heterocycles. The number of amides is 1. The average molecular weight is 436 g/mol. The number of fused-ring (bicyclic) bond motifs is 1.